The predicted octanol–water partition coefficient (Wildman–Crippen LogP) is 6.51. The minimum absolute atomic E-state index is 0.780. The van der Waals surface area contributed by atoms with Gasteiger partial charge in [0, 0.05) is 6.54 Å². The summed E-state index contributed by atoms with van der Waals surface area (Å²) in [7, 11) is 0. The van der Waals surface area contributed by atoms with E-state index >= 15 is 0 Å². The van der Waals surface area contributed by atoms with Gasteiger partial charge < -0.3 is 5.32 Å². The molecule has 0 spiro atoms. The topological polar surface area (TPSA) is 72.4 Å². The van der Waals surface area contributed by atoms with Gasteiger partial charge in [0.15, 0.2) is 11.3 Å². The first kappa shape index (κ1) is 24.4. The Hall–Kier alpha value is 0.290. The number of hydrogen-bond acceptors (Lipinski definition) is 6. The van der Waals surface area contributed by atoms with E-state index in [-0.39, 0.29) is 0 Å². The van der Waals surface area contributed by atoms with Crippen molar-refractivity contribution in [1.29, 1.82) is 0 Å². The summed E-state index contributed by atoms with van der Waals surface area (Å²) in [6.45, 7) is 1.02. The third-order valence-corrected chi connectivity index (χ3v) is 8.55. The lowest BCUT2D eigenvalue weighted by Gasteiger charge is -2.22. The van der Waals surface area contributed by atoms with Crippen LogP contribution < -0.4 is 5.32 Å². The highest BCUT2D eigenvalue weighted by Gasteiger charge is 2.15. The molecule has 164 valence electrons. The number of halogens is 5. The minimum atomic E-state index is 0.780. The van der Waals surface area contributed by atoms with E-state index in [2.05, 4.69) is 130 Å². The molecule has 4 aromatic heterocycles. The summed E-state index contributed by atoms with van der Waals surface area (Å²) in [4.78, 5) is 8.61. The first-order valence-electron chi connectivity index (χ1n) is 9.29. The summed E-state index contributed by atoms with van der Waals surface area (Å²) >= 11 is 16.7. The number of fused-ring (bicyclic) bond motifs is 2. The first-order valence-corrected chi connectivity index (χ1v) is 15.0. The fraction of sp³-hybridized carbons (Fsp3) is 0.333. The Bertz CT molecular complexity index is 1210. The fourth-order valence-corrected chi connectivity index (χ4v) is 6.85. The smallest absolute Gasteiger partial charge is 0.178 e. The summed E-state index contributed by atoms with van der Waals surface area (Å²) in [6, 6.07) is 3.88. The van der Waals surface area contributed by atoms with E-state index < -0.39 is 0 Å². The van der Waals surface area contributed by atoms with Gasteiger partial charge in [-0.3, -0.25) is 0 Å². The zero-order valence-electron chi connectivity index (χ0n) is 15.9. The second kappa shape index (κ2) is 11.1. The molecule has 13 heteroatoms. The molecule has 0 aromatic carbocycles. The molecule has 1 N–H and O–H groups in total. The normalized spacial score (nSPS) is 14.6. The lowest BCUT2D eigenvalue weighted by Crippen LogP contribution is -2.19. The van der Waals surface area contributed by atoms with Crippen molar-refractivity contribution < 1.29 is 0 Å². The molecule has 1 aliphatic rings. The number of rotatable bonds is 3. The second-order valence-electron chi connectivity index (χ2n) is 6.77. The summed E-state index contributed by atoms with van der Waals surface area (Å²) in [5.74, 6) is 3.37. The van der Waals surface area contributed by atoms with Crippen LogP contribution in [0.4, 0.5) is 5.69 Å². The Morgan fingerprint density at radius 3 is 2.19 bits per heavy atom. The van der Waals surface area contributed by atoms with Crippen molar-refractivity contribution in [1.82, 2.24) is 29.2 Å². The number of hydrogen-bond donors (Lipinski definition) is 1. The third kappa shape index (κ3) is 6.05. The van der Waals surface area contributed by atoms with Gasteiger partial charge in [0.25, 0.3) is 0 Å². The van der Waals surface area contributed by atoms with Crippen LogP contribution in [0.25, 0.3) is 11.3 Å². The molecule has 1 fully saturated rings. The Morgan fingerprint density at radius 2 is 1.52 bits per heavy atom. The highest BCUT2D eigenvalue weighted by atomic mass is 127. The molecule has 0 amide bonds. The fourth-order valence-electron chi connectivity index (χ4n) is 3.12. The molecular formula is C18H16Br3I2N7S. The second-order valence-corrected chi connectivity index (χ2v) is 12.7. The molecule has 0 unspecified atom stereocenters. The van der Waals surface area contributed by atoms with Crippen LogP contribution in [-0.2, 0) is 0 Å². The maximum atomic E-state index is 4.43. The number of imidazole rings is 2. The third-order valence-electron chi connectivity index (χ3n) is 4.67. The zero-order valence-corrected chi connectivity index (χ0v) is 25.8. The highest BCUT2D eigenvalue weighted by molar-refractivity contribution is 14.1. The predicted molar refractivity (Wildman–Crippen MR) is 153 cm³/mol. The number of nitrogens with one attached hydrogen (secondary N) is 1. The molecule has 0 radical (unpaired) electrons. The molecule has 0 atom stereocenters. The quantitative estimate of drug-likeness (QED) is 0.237. The van der Waals surface area contributed by atoms with Crippen molar-refractivity contribution in [2.75, 3.05) is 23.4 Å². The van der Waals surface area contributed by atoms with Gasteiger partial charge in [-0.25, -0.2) is 19.0 Å². The molecule has 1 aliphatic heterocycles. The van der Waals surface area contributed by atoms with Crippen molar-refractivity contribution in [2.24, 2.45) is 5.92 Å². The molecular weight excluding hydrogens is 840 g/mol. The van der Waals surface area contributed by atoms with Gasteiger partial charge in [-0.15, -0.1) is 0 Å². The van der Waals surface area contributed by atoms with Crippen molar-refractivity contribution >= 4 is 122 Å². The lowest BCUT2D eigenvalue weighted by molar-refractivity contribution is 0.516. The van der Waals surface area contributed by atoms with Crippen molar-refractivity contribution in [3.05, 3.63) is 45.6 Å². The van der Waals surface area contributed by atoms with Gasteiger partial charge in [-0.2, -0.15) is 22.0 Å². The van der Waals surface area contributed by atoms with Gasteiger partial charge in [0.1, 0.15) is 16.6 Å². The van der Waals surface area contributed by atoms with Gasteiger partial charge >= 0.3 is 0 Å². The van der Waals surface area contributed by atoms with Crippen molar-refractivity contribution in [2.45, 2.75) is 12.8 Å². The summed E-state index contributed by atoms with van der Waals surface area (Å²) in [5, 5.41) is 12.2. The molecule has 0 saturated carbocycles. The average molecular weight is 856 g/mol. The highest BCUT2D eigenvalue weighted by Crippen LogP contribution is 2.25. The summed E-state index contributed by atoms with van der Waals surface area (Å²) in [6.07, 6.45) is 6.25. The van der Waals surface area contributed by atoms with Crippen molar-refractivity contribution in [3.8, 4) is 0 Å². The van der Waals surface area contributed by atoms with Crippen LogP contribution in [0.2, 0.25) is 0 Å². The monoisotopic (exact) mass is 853 g/mol. The van der Waals surface area contributed by atoms with Gasteiger partial charge in [-0.05, 0) is 135 Å². The van der Waals surface area contributed by atoms with Gasteiger partial charge in [0.05, 0.1) is 22.6 Å². The van der Waals surface area contributed by atoms with Crippen LogP contribution in [0.5, 0.6) is 0 Å². The number of nitrogens with zero attached hydrogens (tertiary/aromatic N) is 6. The van der Waals surface area contributed by atoms with Crippen LogP contribution in [0, 0.1) is 13.3 Å². The van der Waals surface area contributed by atoms with E-state index in [4.69, 9.17) is 0 Å². The van der Waals surface area contributed by atoms with Crippen molar-refractivity contribution in [3.63, 3.8) is 0 Å². The van der Waals surface area contributed by atoms with E-state index in [1.807, 2.05) is 22.8 Å². The van der Waals surface area contributed by atoms with E-state index in [0.717, 1.165) is 50.5 Å². The summed E-state index contributed by atoms with van der Waals surface area (Å²) < 4.78 is 8.21. The molecule has 5 heterocycles. The molecule has 7 nitrogen and oxygen atoms in total. The van der Waals surface area contributed by atoms with E-state index in [9.17, 15) is 0 Å². The SMILES string of the molecule is Brc1cc(Br)c2ncc(I)n2n1.Brc1cc(NCC2CCSCC2)c2ncc(I)n2n1. The number of anilines is 1. The Labute approximate surface area is 236 Å². The largest absolute Gasteiger partial charge is 0.382 e. The van der Waals surface area contributed by atoms with Gasteiger partial charge in [-0.1, -0.05) is 0 Å². The van der Waals surface area contributed by atoms with Crippen LogP contribution in [0.3, 0.4) is 0 Å². The van der Waals surface area contributed by atoms with Crippen LogP contribution in [-0.4, -0.2) is 47.2 Å². The number of aromatic nitrogens is 6. The maximum absolute atomic E-state index is 4.43. The van der Waals surface area contributed by atoms with Gasteiger partial charge in [0.2, 0.25) is 0 Å². The molecule has 5 rings (SSSR count). The Balaban J connectivity index is 0.000000166. The maximum Gasteiger partial charge on any atom is 0.178 e. The van der Waals surface area contributed by atoms with Crippen LogP contribution in [0.15, 0.2) is 38.2 Å². The van der Waals surface area contributed by atoms with Crippen LogP contribution >= 0.6 is 105 Å². The standard InChI is InChI=1S/C12H14BrIN4S.C6H2Br2IN3/c13-10-5-9(12-16-7-11(14)18(12)17-10)15-6-8-1-3-19-4-2-8;7-3-1-4(8)11-12-5(9)2-10-6(3)12/h5,7-8,15H,1-4,6H2;1-2H. The molecule has 4 aromatic rings. The van der Waals surface area contributed by atoms with E-state index in [1.54, 1.807) is 10.7 Å². The lowest BCUT2D eigenvalue weighted by atomic mass is 10.0. The van der Waals surface area contributed by atoms with Crippen LogP contribution in [0.1, 0.15) is 12.8 Å². The molecule has 0 aliphatic carbocycles. The zero-order chi connectivity index (χ0) is 22.0. The average Bonchev–Trinajstić information content (AvgIpc) is 3.31. The molecule has 31 heavy (non-hydrogen) atoms. The van der Waals surface area contributed by atoms with E-state index in [1.165, 1.54) is 24.3 Å². The number of thioether (sulfide) groups is 1. The minimum Gasteiger partial charge on any atom is -0.382 e. The molecule has 0 bridgehead atoms. The Kier molecular flexibility index (Phi) is 8.78. The summed E-state index contributed by atoms with van der Waals surface area (Å²) in [5.41, 5.74) is 2.79. The Morgan fingerprint density at radius 1 is 0.935 bits per heavy atom. The van der Waals surface area contributed by atoms with E-state index in [0.29, 0.717) is 0 Å². The molecule has 1 saturated heterocycles. The first-order chi connectivity index (χ1) is 14.9.